The minimum atomic E-state index is -0.266. The monoisotopic (exact) mass is 380 g/mol. The lowest BCUT2D eigenvalue weighted by atomic mass is 9.59. The molecule has 1 atom stereocenters. The van der Waals surface area contributed by atoms with Crippen LogP contribution in [0, 0.1) is 16.7 Å². The van der Waals surface area contributed by atoms with Crippen LogP contribution in [0.25, 0.3) is 0 Å². The van der Waals surface area contributed by atoms with Crippen molar-refractivity contribution in [2.24, 2.45) is 16.7 Å². The largest absolute Gasteiger partial charge is 0.463 e. The van der Waals surface area contributed by atoms with Gasteiger partial charge in [0.15, 0.2) is 0 Å². The summed E-state index contributed by atoms with van der Waals surface area (Å²) in [6.07, 6.45) is 16.7. The third-order valence-electron chi connectivity index (χ3n) is 6.28. The zero-order valence-electron chi connectivity index (χ0n) is 18.5. The van der Waals surface area contributed by atoms with Crippen molar-refractivity contribution >= 4 is 5.97 Å². The highest BCUT2D eigenvalue weighted by Crippen LogP contribution is 2.57. The van der Waals surface area contributed by atoms with E-state index in [1.807, 2.05) is 19.9 Å². The van der Waals surface area contributed by atoms with Gasteiger partial charge < -0.3 is 4.74 Å². The number of hydrogen-bond acceptors (Lipinski definition) is 2. The average Bonchev–Trinajstić information content (AvgIpc) is 3.01. The van der Waals surface area contributed by atoms with Gasteiger partial charge in [0.25, 0.3) is 0 Å². The Morgan fingerprint density at radius 2 is 2.04 bits per heavy atom. The van der Waals surface area contributed by atoms with Crippen molar-refractivity contribution in [3.05, 3.63) is 58.2 Å². The quantitative estimate of drug-likeness (QED) is 0.302. The lowest BCUT2D eigenvalue weighted by molar-refractivity contribution is -0.137. The van der Waals surface area contributed by atoms with E-state index in [1.54, 1.807) is 22.8 Å². The minimum Gasteiger partial charge on any atom is -0.463 e. The van der Waals surface area contributed by atoms with Crippen LogP contribution < -0.4 is 0 Å². The van der Waals surface area contributed by atoms with Crippen molar-refractivity contribution in [3.8, 4) is 0 Å². The van der Waals surface area contributed by atoms with Gasteiger partial charge in [-0.1, -0.05) is 63.1 Å². The first-order chi connectivity index (χ1) is 13.1. The molecule has 1 unspecified atom stereocenters. The second-order valence-corrected chi connectivity index (χ2v) is 9.98. The fourth-order valence-corrected chi connectivity index (χ4v) is 5.85. The van der Waals surface area contributed by atoms with E-state index in [9.17, 15) is 4.79 Å². The van der Waals surface area contributed by atoms with Crippen LogP contribution in [0.1, 0.15) is 73.6 Å². The Kier molecular flexibility index (Phi) is 5.89. The van der Waals surface area contributed by atoms with Gasteiger partial charge in [0.05, 0.1) is 6.61 Å². The molecule has 2 heteroatoms. The minimum absolute atomic E-state index is 0.258. The number of allylic oxidation sites excluding steroid dienone is 9. The highest BCUT2D eigenvalue weighted by Gasteiger charge is 2.43. The van der Waals surface area contributed by atoms with Gasteiger partial charge in [0.2, 0.25) is 0 Å². The predicted octanol–water partition coefficient (Wildman–Crippen LogP) is 6.86. The zero-order chi connectivity index (χ0) is 20.5. The molecule has 3 aliphatic rings. The van der Waals surface area contributed by atoms with E-state index in [0.717, 1.165) is 12.0 Å². The van der Waals surface area contributed by atoms with Crippen LogP contribution in [-0.2, 0) is 9.53 Å². The van der Waals surface area contributed by atoms with Crippen molar-refractivity contribution in [2.75, 3.05) is 6.61 Å². The van der Waals surface area contributed by atoms with Crippen LogP contribution in [0.5, 0.6) is 0 Å². The van der Waals surface area contributed by atoms with E-state index >= 15 is 0 Å². The summed E-state index contributed by atoms with van der Waals surface area (Å²) in [4.78, 5) is 11.6. The second-order valence-electron chi connectivity index (χ2n) is 9.98. The van der Waals surface area contributed by atoms with Crippen LogP contribution in [0.3, 0.4) is 0 Å². The number of carbonyl (C=O) groups is 1. The SMILES string of the molecule is CCOC(=O)/C=C(C)/C=C/C=C1/CC2=CC(C)(C)CC(C)(C)C2=C2CCCC21. The average molecular weight is 381 g/mol. The fourth-order valence-electron chi connectivity index (χ4n) is 5.85. The molecule has 3 aliphatic carbocycles. The van der Waals surface area contributed by atoms with Crippen LogP contribution >= 0.6 is 0 Å². The van der Waals surface area contributed by atoms with Crippen LogP contribution in [0.15, 0.2) is 58.2 Å². The number of hydrogen-bond donors (Lipinski definition) is 0. The second kappa shape index (κ2) is 7.89. The lowest BCUT2D eigenvalue weighted by Crippen LogP contribution is -2.33. The van der Waals surface area contributed by atoms with Crippen molar-refractivity contribution in [1.82, 2.24) is 0 Å². The summed E-state index contributed by atoms with van der Waals surface area (Å²) in [6, 6.07) is 0. The predicted molar refractivity (Wildman–Crippen MR) is 117 cm³/mol. The fraction of sp³-hybridized carbons (Fsp3) is 0.577. The number of esters is 1. The molecule has 0 aromatic heterocycles. The molecular weight excluding hydrogens is 344 g/mol. The molecule has 0 amide bonds. The molecule has 0 spiro atoms. The number of rotatable bonds is 4. The Balaban J connectivity index is 1.90. The maximum absolute atomic E-state index is 11.6. The topological polar surface area (TPSA) is 26.3 Å². The molecular formula is C26H36O2. The molecule has 2 nitrogen and oxygen atoms in total. The summed E-state index contributed by atoms with van der Waals surface area (Å²) in [7, 11) is 0. The van der Waals surface area contributed by atoms with E-state index in [1.165, 1.54) is 31.3 Å². The van der Waals surface area contributed by atoms with E-state index in [2.05, 4.69) is 45.9 Å². The normalized spacial score (nSPS) is 27.6. The molecule has 0 N–H and O–H groups in total. The van der Waals surface area contributed by atoms with E-state index in [4.69, 9.17) is 4.74 Å². The number of carbonyl (C=O) groups excluding carboxylic acids is 1. The Labute approximate surface area is 171 Å². The van der Waals surface area contributed by atoms with Gasteiger partial charge in [-0.05, 0) is 73.5 Å². The maximum atomic E-state index is 11.6. The number of fused-ring (bicyclic) bond motifs is 2. The molecule has 0 saturated heterocycles. The highest BCUT2D eigenvalue weighted by atomic mass is 16.5. The first-order valence-corrected chi connectivity index (χ1v) is 10.8. The van der Waals surface area contributed by atoms with E-state index in [0.29, 0.717) is 12.5 Å². The molecule has 28 heavy (non-hydrogen) atoms. The van der Waals surface area contributed by atoms with Gasteiger partial charge >= 0.3 is 5.97 Å². The molecule has 0 aromatic rings. The zero-order valence-corrected chi connectivity index (χ0v) is 18.5. The van der Waals surface area contributed by atoms with Crippen molar-refractivity contribution in [2.45, 2.75) is 73.6 Å². The summed E-state index contributed by atoms with van der Waals surface area (Å²) in [6.45, 7) is 13.8. The van der Waals surface area contributed by atoms with Gasteiger partial charge in [-0.25, -0.2) is 4.79 Å². The lowest BCUT2D eigenvalue weighted by Gasteiger charge is -2.46. The maximum Gasteiger partial charge on any atom is 0.330 e. The van der Waals surface area contributed by atoms with E-state index in [-0.39, 0.29) is 16.8 Å². The molecule has 0 heterocycles. The molecule has 1 saturated carbocycles. The Morgan fingerprint density at radius 3 is 2.75 bits per heavy atom. The van der Waals surface area contributed by atoms with Crippen LogP contribution in [-0.4, -0.2) is 12.6 Å². The van der Waals surface area contributed by atoms with Crippen molar-refractivity contribution in [1.29, 1.82) is 0 Å². The van der Waals surface area contributed by atoms with Gasteiger partial charge in [-0.15, -0.1) is 0 Å². The summed E-state index contributed by atoms with van der Waals surface area (Å²) in [5.41, 5.74) is 7.93. The molecule has 0 radical (unpaired) electrons. The van der Waals surface area contributed by atoms with Gasteiger partial charge in [0.1, 0.15) is 0 Å². The Morgan fingerprint density at radius 1 is 1.29 bits per heavy atom. The van der Waals surface area contributed by atoms with Gasteiger partial charge in [-0.3, -0.25) is 0 Å². The van der Waals surface area contributed by atoms with Crippen molar-refractivity contribution < 1.29 is 9.53 Å². The molecule has 0 aromatic carbocycles. The highest BCUT2D eigenvalue weighted by molar-refractivity contribution is 5.83. The van der Waals surface area contributed by atoms with Gasteiger partial charge in [-0.2, -0.15) is 0 Å². The van der Waals surface area contributed by atoms with Crippen molar-refractivity contribution in [3.63, 3.8) is 0 Å². The summed E-state index contributed by atoms with van der Waals surface area (Å²) >= 11 is 0. The van der Waals surface area contributed by atoms with Gasteiger partial charge in [0, 0.05) is 12.0 Å². The molecule has 152 valence electrons. The third-order valence-corrected chi connectivity index (χ3v) is 6.28. The Hall–Kier alpha value is -1.83. The third kappa shape index (κ3) is 4.42. The smallest absolute Gasteiger partial charge is 0.330 e. The first kappa shape index (κ1) is 20.9. The standard InChI is InChI=1S/C26H36O2/c1-7-28-23(27)14-18(2)10-8-11-19-15-20-16-25(3,4)17-26(5,6)24(20)22-13-9-12-21(19)22/h8,10-11,14,16,21H,7,9,12-13,15,17H2,1-6H3/b10-8+,18-14+,19-11-. The molecule has 0 aliphatic heterocycles. The molecule has 1 fully saturated rings. The summed E-state index contributed by atoms with van der Waals surface area (Å²) in [5, 5.41) is 0. The molecule has 3 rings (SSSR count). The van der Waals surface area contributed by atoms with Crippen LogP contribution in [0.4, 0.5) is 0 Å². The summed E-state index contributed by atoms with van der Waals surface area (Å²) in [5.74, 6) is 0.351. The summed E-state index contributed by atoms with van der Waals surface area (Å²) < 4.78 is 4.99. The van der Waals surface area contributed by atoms with Crippen LogP contribution in [0.2, 0.25) is 0 Å². The Bertz CT molecular complexity index is 796. The number of ether oxygens (including phenoxy) is 1. The first-order valence-electron chi connectivity index (χ1n) is 10.8. The molecule has 0 bridgehead atoms. The van der Waals surface area contributed by atoms with E-state index < -0.39 is 0 Å².